The van der Waals surface area contributed by atoms with Gasteiger partial charge in [-0.25, -0.2) is 4.39 Å². The van der Waals surface area contributed by atoms with E-state index in [0.717, 1.165) is 6.07 Å². The van der Waals surface area contributed by atoms with Gasteiger partial charge < -0.3 is 10.2 Å². The van der Waals surface area contributed by atoms with Gasteiger partial charge in [0.2, 0.25) is 0 Å². The number of amides is 2. The first-order valence-electron chi connectivity index (χ1n) is 7.83. The molecule has 1 N–H and O–H groups in total. The number of alkyl halides is 3. The summed E-state index contributed by atoms with van der Waals surface area (Å²) in [6.45, 7) is 1.06. The third kappa shape index (κ3) is 5.53. The highest BCUT2D eigenvalue weighted by atomic mass is 79.9. The number of hydrogen-bond acceptors (Lipinski definition) is 2. The molecule has 0 radical (unpaired) electrons. The predicted octanol–water partition coefficient (Wildman–Crippen LogP) is 4.75. The van der Waals surface area contributed by atoms with E-state index < -0.39 is 23.8 Å². The number of nitrogens with zero attached hydrogens (tertiary/aromatic N) is 1. The predicted molar refractivity (Wildman–Crippen MR) is 95.6 cm³/mol. The molecular weight excluding hydrogens is 432 g/mol. The van der Waals surface area contributed by atoms with E-state index in [1.165, 1.54) is 37.3 Å². The first-order chi connectivity index (χ1) is 12.6. The average Bonchev–Trinajstić information content (AvgIpc) is 2.60. The normalized spacial score (nSPS) is 11.2. The van der Waals surface area contributed by atoms with Crippen LogP contribution in [0.3, 0.4) is 0 Å². The molecule has 0 unspecified atom stereocenters. The second kappa shape index (κ2) is 8.51. The van der Waals surface area contributed by atoms with Crippen molar-refractivity contribution >= 4 is 33.4 Å². The fourth-order valence-electron chi connectivity index (χ4n) is 2.34. The van der Waals surface area contributed by atoms with Gasteiger partial charge in [-0.2, -0.15) is 13.2 Å². The molecule has 0 aliphatic heterocycles. The number of carbonyl (C=O) groups is 2. The molecule has 144 valence electrons. The summed E-state index contributed by atoms with van der Waals surface area (Å²) in [4.78, 5) is 24.4. The van der Waals surface area contributed by atoms with Crippen LogP contribution in [0.1, 0.15) is 22.8 Å². The molecule has 0 spiro atoms. The Labute approximate surface area is 161 Å². The van der Waals surface area contributed by atoms with Gasteiger partial charge >= 0.3 is 12.1 Å². The SMILES string of the molecule is CCN(Cc1cccc(NC(=O)c2cc(F)ccc2Br)c1)C(=O)C(F)(F)F. The number of hydrogen-bond donors (Lipinski definition) is 1. The zero-order valence-electron chi connectivity index (χ0n) is 14.1. The molecular formula is C18H15BrF4N2O2. The number of rotatable bonds is 5. The summed E-state index contributed by atoms with van der Waals surface area (Å²) in [6, 6.07) is 9.72. The molecule has 0 saturated heterocycles. The number of benzene rings is 2. The van der Waals surface area contributed by atoms with Crippen molar-refractivity contribution in [2.45, 2.75) is 19.6 Å². The van der Waals surface area contributed by atoms with E-state index in [1.54, 1.807) is 6.07 Å². The van der Waals surface area contributed by atoms with Crippen LogP contribution in [0.5, 0.6) is 0 Å². The van der Waals surface area contributed by atoms with Crippen molar-refractivity contribution in [3.8, 4) is 0 Å². The van der Waals surface area contributed by atoms with Crippen molar-refractivity contribution in [1.29, 1.82) is 0 Å². The number of anilines is 1. The van der Waals surface area contributed by atoms with Gasteiger partial charge in [-0.05, 0) is 58.7 Å². The summed E-state index contributed by atoms with van der Waals surface area (Å²) < 4.78 is 51.6. The number of nitrogens with one attached hydrogen (secondary N) is 1. The lowest BCUT2D eigenvalue weighted by molar-refractivity contribution is -0.185. The van der Waals surface area contributed by atoms with Gasteiger partial charge in [0, 0.05) is 23.2 Å². The lowest BCUT2D eigenvalue weighted by Crippen LogP contribution is -2.40. The highest BCUT2D eigenvalue weighted by molar-refractivity contribution is 9.10. The first kappa shape index (κ1) is 20.9. The standard InChI is InChI=1S/C18H15BrF4N2O2/c1-2-25(17(27)18(21,22)23)10-11-4-3-5-13(8-11)24-16(26)14-9-12(20)6-7-15(14)19/h3-9H,2,10H2,1H3,(H,24,26). The van der Waals surface area contributed by atoms with E-state index in [-0.39, 0.29) is 18.7 Å². The highest BCUT2D eigenvalue weighted by Gasteiger charge is 2.41. The molecule has 2 rings (SSSR count). The van der Waals surface area contributed by atoms with Crippen molar-refractivity contribution in [3.05, 3.63) is 63.9 Å². The Morgan fingerprint density at radius 3 is 2.48 bits per heavy atom. The van der Waals surface area contributed by atoms with Gasteiger partial charge in [0.15, 0.2) is 0 Å². The fourth-order valence-corrected chi connectivity index (χ4v) is 2.77. The van der Waals surface area contributed by atoms with E-state index >= 15 is 0 Å². The third-order valence-electron chi connectivity index (χ3n) is 3.64. The molecule has 0 fully saturated rings. The minimum Gasteiger partial charge on any atom is -0.331 e. The molecule has 2 aromatic rings. The quantitative estimate of drug-likeness (QED) is 0.673. The second-order valence-corrected chi connectivity index (χ2v) is 6.45. The monoisotopic (exact) mass is 446 g/mol. The molecule has 0 atom stereocenters. The molecule has 2 aromatic carbocycles. The van der Waals surface area contributed by atoms with Crippen molar-refractivity contribution in [3.63, 3.8) is 0 Å². The van der Waals surface area contributed by atoms with Crippen LogP contribution in [-0.4, -0.2) is 29.4 Å². The molecule has 0 aliphatic carbocycles. The Morgan fingerprint density at radius 1 is 1.15 bits per heavy atom. The summed E-state index contributed by atoms with van der Waals surface area (Å²) >= 11 is 3.16. The minimum atomic E-state index is -4.95. The van der Waals surface area contributed by atoms with Crippen molar-refractivity contribution < 1.29 is 27.2 Å². The lowest BCUT2D eigenvalue weighted by Gasteiger charge is -2.22. The van der Waals surface area contributed by atoms with Crippen LogP contribution >= 0.6 is 15.9 Å². The molecule has 0 saturated carbocycles. The summed E-state index contributed by atoms with van der Waals surface area (Å²) in [5, 5.41) is 2.56. The zero-order valence-corrected chi connectivity index (χ0v) is 15.7. The number of halogens is 5. The average molecular weight is 447 g/mol. The largest absolute Gasteiger partial charge is 0.471 e. The van der Waals surface area contributed by atoms with E-state index in [4.69, 9.17) is 0 Å². The molecule has 0 bridgehead atoms. The third-order valence-corrected chi connectivity index (χ3v) is 4.33. The highest BCUT2D eigenvalue weighted by Crippen LogP contribution is 2.22. The minimum absolute atomic E-state index is 0.0721. The van der Waals surface area contributed by atoms with E-state index in [2.05, 4.69) is 21.2 Å². The van der Waals surface area contributed by atoms with E-state index in [1.807, 2.05) is 0 Å². The van der Waals surface area contributed by atoms with Crippen LogP contribution in [0.4, 0.5) is 23.2 Å². The van der Waals surface area contributed by atoms with Crippen LogP contribution in [-0.2, 0) is 11.3 Å². The maximum atomic E-state index is 13.3. The summed E-state index contributed by atoms with van der Waals surface area (Å²) in [5.41, 5.74) is 0.789. The maximum Gasteiger partial charge on any atom is 0.471 e. The molecule has 0 aliphatic rings. The van der Waals surface area contributed by atoms with Crippen LogP contribution in [0.2, 0.25) is 0 Å². The molecule has 4 nitrogen and oxygen atoms in total. The van der Waals surface area contributed by atoms with Gasteiger partial charge in [0.25, 0.3) is 5.91 Å². The van der Waals surface area contributed by atoms with E-state index in [9.17, 15) is 27.2 Å². The van der Waals surface area contributed by atoms with E-state index in [0.29, 0.717) is 20.6 Å². The van der Waals surface area contributed by atoms with Gasteiger partial charge in [-0.1, -0.05) is 12.1 Å². The van der Waals surface area contributed by atoms with Crippen molar-refractivity contribution in [1.82, 2.24) is 4.90 Å². The second-order valence-electron chi connectivity index (χ2n) is 5.60. The van der Waals surface area contributed by atoms with Gasteiger partial charge in [0.1, 0.15) is 5.82 Å². The molecule has 0 heterocycles. The topological polar surface area (TPSA) is 49.4 Å². The van der Waals surface area contributed by atoms with Crippen LogP contribution < -0.4 is 5.32 Å². The zero-order chi connectivity index (χ0) is 20.2. The first-order valence-corrected chi connectivity index (χ1v) is 8.62. The van der Waals surface area contributed by atoms with Gasteiger partial charge in [-0.15, -0.1) is 0 Å². The smallest absolute Gasteiger partial charge is 0.331 e. The van der Waals surface area contributed by atoms with Gasteiger partial charge in [0.05, 0.1) is 5.56 Å². The fraction of sp³-hybridized carbons (Fsp3) is 0.222. The Morgan fingerprint density at radius 2 is 1.85 bits per heavy atom. The van der Waals surface area contributed by atoms with Crippen molar-refractivity contribution in [2.24, 2.45) is 0 Å². The molecule has 9 heteroatoms. The lowest BCUT2D eigenvalue weighted by atomic mass is 10.1. The maximum absolute atomic E-state index is 13.3. The summed E-state index contributed by atoms with van der Waals surface area (Å²) in [5.74, 6) is -3.10. The van der Waals surface area contributed by atoms with Gasteiger partial charge in [-0.3, -0.25) is 9.59 Å². The van der Waals surface area contributed by atoms with Crippen molar-refractivity contribution in [2.75, 3.05) is 11.9 Å². The summed E-state index contributed by atoms with van der Waals surface area (Å²) in [6.07, 6.45) is -4.95. The Balaban J connectivity index is 2.16. The Bertz CT molecular complexity index is 855. The Kier molecular flexibility index (Phi) is 6.59. The van der Waals surface area contributed by atoms with Crippen LogP contribution in [0, 0.1) is 5.82 Å². The molecule has 0 aromatic heterocycles. The number of carbonyl (C=O) groups excluding carboxylic acids is 2. The van der Waals surface area contributed by atoms with Crippen LogP contribution in [0.25, 0.3) is 0 Å². The van der Waals surface area contributed by atoms with Crippen LogP contribution in [0.15, 0.2) is 46.9 Å². The Hall–Kier alpha value is -2.42. The molecule has 2 amide bonds. The summed E-state index contributed by atoms with van der Waals surface area (Å²) in [7, 11) is 0. The molecule has 27 heavy (non-hydrogen) atoms.